The van der Waals surface area contributed by atoms with E-state index in [9.17, 15) is 9.59 Å². The van der Waals surface area contributed by atoms with Crippen LogP contribution in [0.2, 0.25) is 0 Å². The first-order chi connectivity index (χ1) is 14.6. The van der Waals surface area contributed by atoms with Crippen LogP contribution in [0.3, 0.4) is 0 Å². The highest BCUT2D eigenvalue weighted by Gasteiger charge is 2.26. The minimum atomic E-state index is -0.318. The van der Waals surface area contributed by atoms with Crippen LogP contribution >= 0.6 is 11.3 Å². The van der Waals surface area contributed by atoms with Crippen LogP contribution in [0.15, 0.2) is 42.5 Å². The Morgan fingerprint density at radius 2 is 1.70 bits per heavy atom. The van der Waals surface area contributed by atoms with Crippen LogP contribution in [0.1, 0.15) is 17.3 Å². The molecule has 7 nitrogen and oxygen atoms in total. The molecule has 2 amide bonds. The number of para-hydroxylation sites is 2. The minimum Gasteiger partial charge on any atom is -0.450 e. The third kappa shape index (κ3) is 3.23. The molecule has 4 aromatic rings. The summed E-state index contributed by atoms with van der Waals surface area (Å²) < 4.78 is 6.10. The van der Waals surface area contributed by atoms with E-state index in [2.05, 4.69) is 0 Å². The normalized spacial score (nSPS) is 14.6. The number of amides is 2. The first kappa shape index (κ1) is 18.7. The number of aromatic nitrogens is 2. The van der Waals surface area contributed by atoms with Gasteiger partial charge in [0.1, 0.15) is 10.3 Å². The molecular weight excluding hydrogens is 400 g/mol. The smallest absolute Gasteiger partial charge is 0.409 e. The Hall–Kier alpha value is -3.26. The third-order valence-corrected chi connectivity index (χ3v) is 6.37. The van der Waals surface area contributed by atoms with Crippen LogP contribution in [0.4, 0.5) is 4.79 Å². The summed E-state index contributed by atoms with van der Waals surface area (Å²) in [5.41, 5.74) is 3.17. The van der Waals surface area contributed by atoms with Crippen LogP contribution in [0.5, 0.6) is 0 Å². The summed E-state index contributed by atoms with van der Waals surface area (Å²) in [6.07, 6.45) is -0.318. The molecule has 1 fully saturated rings. The molecule has 0 bridgehead atoms. The summed E-state index contributed by atoms with van der Waals surface area (Å²) in [5.74, 6) is -0.0338. The fraction of sp³-hybridized carbons (Fsp3) is 0.273. The monoisotopic (exact) mass is 420 g/mol. The predicted octanol–water partition coefficient (Wildman–Crippen LogP) is 3.91. The predicted molar refractivity (Wildman–Crippen MR) is 117 cm³/mol. The molecular formula is C22H20N4O3S. The molecule has 0 N–H and O–H groups in total. The van der Waals surface area contributed by atoms with Crippen molar-refractivity contribution in [2.45, 2.75) is 6.92 Å². The molecule has 1 aliphatic heterocycles. The maximum atomic E-state index is 13.1. The highest BCUT2D eigenvalue weighted by Crippen LogP contribution is 2.33. The summed E-state index contributed by atoms with van der Waals surface area (Å²) >= 11 is 1.58. The Morgan fingerprint density at radius 3 is 2.43 bits per heavy atom. The molecule has 0 radical (unpaired) electrons. The van der Waals surface area contributed by atoms with Crippen molar-refractivity contribution in [3.63, 3.8) is 0 Å². The lowest BCUT2D eigenvalue weighted by Gasteiger charge is -2.34. The largest absolute Gasteiger partial charge is 0.450 e. The van der Waals surface area contributed by atoms with Crippen LogP contribution in [-0.4, -0.2) is 64.6 Å². The van der Waals surface area contributed by atoms with E-state index < -0.39 is 0 Å². The van der Waals surface area contributed by atoms with Gasteiger partial charge in [0, 0.05) is 41.8 Å². The highest BCUT2D eigenvalue weighted by molar-refractivity contribution is 7.25. The van der Waals surface area contributed by atoms with E-state index in [1.165, 1.54) is 0 Å². The number of rotatable bonds is 2. The van der Waals surface area contributed by atoms with Crippen molar-refractivity contribution in [1.82, 2.24) is 19.8 Å². The van der Waals surface area contributed by atoms with Crippen molar-refractivity contribution in [3.05, 3.63) is 48.0 Å². The number of thiophene rings is 1. The van der Waals surface area contributed by atoms with Crippen LogP contribution in [0.25, 0.3) is 31.5 Å². The van der Waals surface area contributed by atoms with Gasteiger partial charge in [0.2, 0.25) is 0 Å². The number of piperazine rings is 1. The van der Waals surface area contributed by atoms with Crippen molar-refractivity contribution in [3.8, 4) is 0 Å². The van der Waals surface area contributed by atoms with Gasteiger partial charge in [-0.05, 0) is 37.3 Å². The van der Waals surface area contributed by atoms with Crippen molar-refractivity contribution < 1.29 is 14.3 Å². The van der Waals surface area contributed by atoms with Crippen molar-refractivity contribution >= 4 is 54.8 Å². The molecule has 0 aliphatic carbocycles. The van der Waals surface area contributed by atoms with Crippen molar-refractivity contribution in [2.75, 3.05) is 32.8 Å². The average molecular weight is 420 g/mol. The third-order valence-electron chi connectivity index (χ3n) is 5.32. The number of nitrogens with zero attached hydrogens (tertiary/aromatic N) is 4. The zero-order valence-corrected chi connectivity index (χ0v) is 17.3. The van der Waals surface area contributed by atoms with Gasteiger partial charge in [0.25, 0.3) is 5.91 Å². The van der Waals surface area contributed by atoms with Gasteiger partial charge in [0.05, 0.1) is 17.6 Å². The van der Waals surface area contributed by atoms with Gasteiger partial charge in [-0.15, -0.1) is 11.3 Å². The summed E-state index contributed by atoms with van der Waals surface area (Å²) in [6.45, 7) is 4.08. The molecule has 30 heavy (non-hydrogen) atoms. The number of carbonyl (C=O) groups excluding carboxylic acids is 2. The van der Waals surface area contributed by atoms with E-state index in [1.54, 1.807) is 28.1 Å². The SMILES string of the molecule is CCOC(=O)N1CCN(C(=O)c2ccc3sc4nc5ccccc5nc4c3c2)CC1. The quantitative estimate of drug-likeness (QED) is 0.491. The first-order valence-corrected chi connectivity index (χ1v) is 10.8. The van der Waals surface area contributed by atoms with E-state index >= 15 is 0 Å². The summed E-state index contributed by atoms with van der Waals surface area (Å²) in [6, 6.07) is 13.5. The highest BCUT2D eigenvalue weighted by atomic mass is 32.1. The molecule has 5 rings (SSSR count). The maximum Gasteiger partial charge on any atom is 0.409 e. The van der Waals surface area contributed by atoms with E-state index in [1.807, 2.05) is 42.5 Å². The number of fused-ring (bicyclic) bond motifs is 4. The second-order valence-electron chi connectivity index (χ2n) is 7.16. The van der Waals surface area contributed by atoms with Crippen molar-refractivity contribution in [1.29, 1.82) is 0 Å². The summed E-state index contributed by atoms with van der Waals surface area (Å²) in [7, 11) is 0. The van der Waals surface area contributed by atoms with E-state index in [0.29, 0.717) is 38.3 Å². The molecule has 3 heterocycles. The first-order valence-electron chi connectivity index (χ1n) is 9.94. The molecule has 2 aromatic carbocycles. The molecule has 1 aliphatic rings. The lowest BCUT2D eigenvalue weighted by atomic mass is 10.1. The van der Waals surface area contributed by atoms with E-state index in [4.69, 9.17) is 14.7 Å². The average Bonchev–Trinajstić information content (AvgIpc) is 3.14. The standard InChI is InChI=1S/C22H20N4O3S/c1-2-29-22(28)26-11-9-25(10-12-26)21(27)14-7-8-18-15(13-14)19-20(30-18)24-17-6-4-3-5-16(17)23-19/h3-8,13H,2,9-12H2,1H3. The van der Waals surface area contributed by atoms with Crippen molar-refractivity contribution in [2.24, 2.45) is 0 Å². The molecule has 152 valence electrons. The zero-order chi connectivity index (χ0) is 20.7. The molecule has 0 saturated carbocycles. The Morgan fingerprint density at radius 1 is 1.00 bits per heavy atom. The summed E-state index contributed by atoms with van der Waals surface area (Å²) in [5, 5.41) is 0.948. The zero-order valence-electron chi connectivity index (χ0n) is 16.5. The van der Waals surface area contributed by atoms with Crippen LogP contribution < -0.4 is 0 Å². The number of benzene rings is 2. The fourth-order valence-electron chi connectivity index (χ4n) is 3.76. The number of hydrogen-bond donors (Lipinski definition) is 0. The number of hydrogen-bond acceptors (Lipinski definition) is 6. The summed E-state index contributed by atoms with van der Waals surface area (Å²) in [4.78, 5) is 38.8. The van der Waals surface area contributed by atoms with Gasteiger partial charge in [0.15, 0.2) is 0 Å². The molecule has 1 saturated heterocycles. The lowest BCUT2D eigenvalue weighted by molar-refractivity contribution is 0.0570. The van der Waals surface area contributed by atoms with Gasteiger partial charge in [-0.2, -0.15) is 0 Å². The lowest BCUT2D eigenvalue weighted by Crippen LogP contribution is -2.50. The number of ether oxygens (including phenoxy) is 1. The molecule has 0 unspecified atom stereocenters. The Bertz CT molecular complexity index is 1280. The van der Waals surface area contributed by atoms with E-state index in [0.717, 1.165) is 31.5 Å². The van der Waals surface area contributed by atoms with Gasteiger partial charge in [-0.1, -0.05) is 12.1 Å². The topological polar surface area (TPSA) is 75.6 Å². The van der Waals surface area contributed by atoms with Crippen LogP contribution in [0, 0.1) is 0 Å². The van der Waals surface area contributed by atoms with Gasteiger partial charge in [-0.3, -0.25) is 4.79 Å². The van der Waals surface area contributed by atoms with Gasteiger partial charge >= 0.3 is 6.09 Å². The second kappa shape index (κ2) is 7.53. The van der Waals surface area contributed by atoms with Crippen LogP contribution in [-0.2, 0) is 4.74 Å². The Labute approximate surface area is 176 Å². The minimum absolute atomic E-state index is 0.0338. The second-order valence-corrected chi connectivity index (χ2v) is 8.19. The Kier molecular flexibility index (Phi) is 4.71. The van der Waals surface area contributed by atoms with Gasteiger partial charge in [-0.25, -0.2) is 14.8 Å². The molecule has 2 aromatic heterocycles. The molecule has 0 spiro atoms. The molecule has 8 heteroatoms. The number of carbonyl (C=O) groups is 2. The molecule has 0 atom stereocenters. The van der Waals surface area contributed by atoms with E-state index in [-0.39, 0.29) is 12.0 Å². The maximum absolute atomic E-state index is 13.1. The van der Waals surface area contributed by atoms with Gasteiger partial charge < -0.3 is 14.5 Å². The Balaban J connectivity index is 1.43. The fourth-order valence-corrected chi connectivity index (χ4v) is 4.77.